The van der Waals surface area contributed by atoms with Crippen molar-refractivity contribution in [1.82, 2.24) is 0 Å². The molecule has 0 fully saturated rings. The SMILES string of the molecule is NCc1ccc(-c2ccc3c(c2)C=C(C=O)CO3)cc1. The van der Waals surface area contributed by atoms with E-state index in [2.05, 4.69) is 12.1 Å². The van der Waals surface area contributed by atoms with Gasteiger partial charge in [-0.3, -0.25) is 4.79 Å². The van der Waals surface area contributed by atoms with Gasteiger partial charge in [0, 0.05) is 17.7 Å². The van der Waals surface area contributed by atoms with Crippen LogP contribution in [0.15, 0.2) is 48.0 Å². The molecular formula is C17H15NO2. The molecule has 0 bridgehead atoms. The fraction of sp³-hybridized carbons (Fsp3) is 0.118. The number of ether oxygens (including phenoxy) is 1. The molecule has 3 heteroatoms. The summed E-state index contributed by atoms with van der Waals surface area (Å²) in [5.41, 5.74) is 10.5. The van der Waals surface area contributed by atoms with Crippen LogP contribution >= 0.6 is 0 Å². The van der Waals surface area contributed by atoms with E-state index in [0.29, 0.717) is 18.7 Å². The Balaban J connectivity index is 1.99. The zero-order valence-electron chi connectivity index (χ0n) is 11.0. The van der Waals surface area contributed by atoms with Crippen LogP contribution in [-0.4, -0.2) is 12.9 Å². The molecule has 2 aromatic rings. The van der Waals surface area contributed by atoms with Gasteiger partial charge in [-0.15, -0.1) is 0 Å². The summed E-state index contributed by atoms with van der Waals surface area (Å²) in [6.07, 6.45) is 2.72. The molecule has 0 aliphatic carbocycles. The van der Waals surface area contributed by atoms with Gasteiger partial charge in [0.1, 0.15) is 18.6 Å². The highest BCUT2D eigenvalue weighted by molar-refractivity contribution is 5.85. The molecule has 20 heavy (non-hydrogen) atoms. The maximum atomic E-state index is 10.8. The van der Waals surface area contributed by atoms with E-state index in [9.17, 15) is 4.79 Å². The number of aldehydes is 1. The van der Waals surface area contributed by atoms with Crippen molar-refractivity contribution in [3.63, 3.8) is 0 Å². The first-order valence-corrected chi connectivity index (χ1v) is 6.52. The predicted octanol–water partition coefficient (Wildman–Crippen LogP) is 2.79. The van der Waals surface area contributed by atoms with Crippen LogP contribution in [0.3, 0.4) is 0 Å². The summed E-state index contributed by atoms with van der Waals surface area (Å²) in [5, 5.41) is 0. The largest absolute Gasteiger partial charge is 0.488 e. The second-order valence-electron chi connectivity index (χ2n) is 4.78. The Hall–Kier alpha value is -2.39. The molecule has 2 N–H and O–H groups in total. The molecule has 1 aliphatic heterocycles. The van der Waals surface area contributed by atoms with Gasteiger partial charge in [0.05, 0.1) is 0 Å². The van der Waals surface area contributed by atoms with Gasteiger partial charge in [0.2, 0.25) is 0 Å². The molecule has 1 heterocycles. The number of carbonyl (C=O) groups is 1. The normalized spacial score (nSPS) is 13.2. The van der Waals surface area contributed by atoms with Crippen LogP contribution in [0.1, 0.15) is 11.1 Å². The van der Waals surface area contributed by atoms with Crippen LogP contribution in [0, 0.1) is 0 Å². The summed E-state index contributed by atoms with van der Waals surface area (Å²) in [5.74, 6) is 0.818. The second kappa shape index (κ2) is 5.31. The first kappa shape index (κ1) is 12.6. The van der Waals surface area contributed by atoms with Crippen molar-refractivity contribution < 1.29 is 9.53 Å². The van der Waals surface area contributed by atoms with E-state index in [1.54, 1.807) is 0 Å². The van der Waals surface area contributed by atoms with Gasteiger partial charge >= 0.3 is 0 Å². The standard InChI is InChI=1S/C17H15NO2/c18-9-12-1-3-14(4-2-12)15-5-6-17-16(8-15)7-13(10-19)11-20-17/h1-8,10H,9,11,18H2. The number of fused-ring (bicyclic) bond motifs is 1. The average molecular weight is 265 g/mol. The van der Waals surface area contributed by atoms with Gasteiger partial charge in [-0.1, -0.05) is 30.3 Å². The topological polar surface area (TPSA) is 52.3 Å². The Morgan fingerprint density at radius 2 is 1.85 bits per heavy atom. The molecular weight excluding hydrogens is 250 g/mol. The van der Waals surface area contributed by atoms with Crippen molar-refractivity contribution in [1.29, 1.82) is 0 Å². The Bertz CT molecular complexity index is 672. The van der Waals surface area contributed by atoms with Gasteiger partial charge in [0.15, 0.2) is 0 Å². The van der Waals surface area contributed by atoms with Crippen molar-refractivity contribution in [2.75, 3.05) is 6.61 Å². The maximum absolute atomic E-state index is 10.8. The molecule has 0 amide bonds. The molecule has 100 valence electrons. The minimum atomic E-state index is 0.348. The minimum absolute atomic E-state index is 0.348. The lowest BCUT2D eigenvalue weighted by molar-refractivity contribution is -0.105. The molecule has 0 spiro atoms. The molecule has 0 saturated carbocycles. The Labute approximate surface area is 117 Å². The fourth-order valence-electron chi connectivity index (χ4n) is 2.28. The lowest BCUT2D eigenvalue weighted by atomic mass is 9.99. The molecule has 3 nitrogen and oxygen atoms in total. The molecule has 0 atom stereocenters. The average Bonchev–Trinajstić information content (AvgIpc) is 2.54. The summed E-state index contributed by atoms with van der Waals surface area (Å²) in [6.45, 7) is 0.894. The van der Waals surface area contributed by atoms with Gasteiger partial charge in [-0.2, -0.15) is 0 Å². The monoisotopic (exact) mass is 265 g/mol. The first-order chi connectivity index (χ1) is 9.80. The van der Waals surface area contributed by atoms with Crippen LogP contribution in [0.5, 0.6) is 5.75 Å². The lowest BCUT2D eigenvalue weighted by Crippen LogP contribution is -2.07. The molecule has 2 aromatic carbocycles. The highest BCUT2D eigenvalue weighted by Crippen LogP contribution is 2.31. The zero-order valence-corrected chi connectivity index (χ0v) is 11.0. The van der Waals surface area contributed by atoms with Crippen molar-refractivity contribution in [2.45, 2.75) is 6.54 Å². The number of hydrogen-bond donors (Lipinski definition) is 1. The minimum Gasteiger partial charge on any atom is -0.488 e. The number of hydrogen-bond acceptors (Lipinski definition) is 3. The summed E-state index contributed by atoms with van der Waals surface area (Å²) in [6, 6.07) is 14.2. The third-order valence-corrected chi connectivity index (χ3v) is 3.42. The smallest absolute Gasteiger partial charge is 0.149 e. The van der Waals surface area contributed by atoms with E-state index in [1.165, 1.54) is 0 Å². The molecule has 0 radical (unpaired) electrons. The maximum Gasteiger partial charge on any atom is 0.149 e. The van der Waals surface area contributed by atoms with E-state index >= 15 is 0 Å². The van der Waals surface area contributed by atoms with Crippen molar-refractivity contribution in [2.24, 2.45) is 5.73 Å². The third-order valence-electron chi connectivity index (χ3n) is 3.42. The molecule has 1 aliphatic rings. The van der Waals surface area contributed by atoms with E-state index in [-0.39, 0.29) is 0 Å². The highest BCUT2D eigenvalue weighted by Gasteiger charge is 2.11. The highest BCUT2D eigenvalue weighted by atomic mass is 16.5. The van der Waals surface area contributed by atoms with Gasteiger partial charge < -0.3 is 10.5 Å². The van der Waals surface area contributed by atoms with Gasteiger partial charge in [0.25, 0.3) is 0 Å². The van der Waals surface area contributed by atoms with Gasteiger partial charge in [-0.05, 0) is 34.9 Å². The van der Waals surface area contributed by atoms with Crippen molar-refractivity contribution >= 4 is 12.4 Å². The van der Waals surface area contributed by atoms with E-state index in [1.807, 2.05) is 36.4 Å². The van der Waals surface area contributed by atoms with Crippen LogP contribution in [0.25, 0.3) is 17.2 Å². The van der Waals surface area contributed by atoms with Crippen molar-refractivity contribution in [3.8, 4) is 16.9 Å². The van der Waals surface area contributed by atoms with Crippen LogP contribution in [0.4, 0.5) is 0 Å². The Kier molecular flexibility index (Phi) is 3.35. The molecule has 0 aromatic heterocycles. The number of rotatable bonds is 3. The number of nitrogens with two attached hydrogens (primary N) is 1. The Morgan fingerprint density at radius 1 is 1.10 bits per heavy atom. The Morgan fingerprint density at radius 3 is 2.55 bits per heavy atom. The summed E-state index contributed by atoms with van der Waals surface area (Å²) >= 11 is 0. The van der Waals surface area contributed by atoms with Crippen molar-refractivity contribution in [3.05, 3.63) is 59.2 Å². The van der Waals surface area contributed by atoms with Crippen LogP contribution in [-0.2, 0) is 11.3 Å². The molecule has 0 unspecified atom stereocenters. The molecule has 3 rings (SSSR count). The summed E-state index contributed by atoms with van der Waals surface area (Å²) < 4.78 is 5.54. The van der Waals surface area contributed by atoms with Crippen LogP contribution in [0.2, 0.25) is 0 Å². The first-order valence-electron chi connectivity index (χ1n) is 6.52. The summed E-state index contributed by atoms with van der Waals surface area (Å²) in [7, 11) is 0. The summed E-state index contributed by atoms with van der Waals surface area (Å²) in [4.78, 5) is 10.8. The lowest BCUT2D eigenvalue weighted by Gasteiger charge is -2.16. The second-order valence-corrected chi connectivity index (χ2v) is 4.78. The number of benzene rings is 2. The van der Waals surface area contributed by atoms with E-state index in [0.717, 1.165) is 34.3 Å². The molecule has 0 saturated heterocycles. The number of carbonyl (C=O) groups excluding carboxylic acids is 1. The third kappa shape index (κ3) is 2.36. The predicted molar refractivity (Wildman–Crippen MR) is 79.3 cm³/mol. The van der Waals surface area contributed by atoms with E-state index in [4.69, 9.17) is 10.5 Å². The van der Waals surface area contributed by atoms with E-state index < -0.39 is 0 Å². The van der Waals surface area contributed by atoms with Crippen LogP contribution < -0.4 is 10.5 Å². The quantitative estimate of drug-likeness (QED) is 0.868. The fourth-order valence-corrected chi connectivity index (χ4v) is 2.28. The zero-order chi connectivity index (χ0) is 13.9. The van der Waals surface area contributed by atoms with Gasteiger partial charge in [-0.25, -0.2) is 0 Å².